The van der Waals surface area contributed by atoms with Gasteiger partial charge in [-0.15, -0.1) is 10.2 Å². The Morgan fingerprint density at radius 1 is 0.933 bits per heavy atom. The van der Waals surface area contributed by atoms with E-state index in [1.165, 1.54) is 15.9 Å². The minimum absolute atomic E-state index is 0.151. The minimum atomic E-state index is -4.59. The first-order valence-corrected chi connectivity index (χ1v) is 9.77. The predicted molar refractivity (Wildman–Crippen MR) is 108 cm³/mol. The molecule has 10 heteroatoms. The van der Waals surface area contributed by atoms with Gasteiger partial charge in [0.25, 0.3) is 0 Å². The average Bonchev–Trinajstić information content (AvgIpc) is 3.41. The smallest absolute Gasteiger partial charge is 0.313 e. The van der Waals surface area contributed by atoms with Gasteiger partial charge >= 0.3 is 6.18 Å². The molecule has 0 amide bonds. The molecule has 3 heterocycles. The molecule has 0 atom stereocenters. The summed E-state index contributed by atoms with van der Waals surface area (Å²) < 4.78 is 43.2. The van der Waals surface area contributed by atoms with E-state index in [2.05, 4.69) is 20.3 Å². The van der Waals surface area contributed by atoms with Crippen LogP contribution in [0.25, 0.3) is 28.1 Å². The third kappa shape index (κ3) is 3.35. The second-order valence-corrected chi connectivity index (χ2v) is 7.49. The quantitative estimate of drug-likeness (QED) is 0.415. The van der Waals surface area contributed by atoms with Gasteiger partial charge in [-0.2, -0.15) is 22.8 Å². The highest BCUT2D eigenvalue weighted by Gasteiger charge is 2.38. The Hall–Kier alpha value is -3.53. The number of hydrogen-bond donors (Lipinski definition) is 0. The molecule has 0 spiro atoms. The van der Waals surface area contributed by atoms with Crippen LogP contribution in [0.4, 0.5) is 13.2 Å². The lowest BCUT2D eigenvalue weighted by molar-refractivity contribution is -0.146. The van der Waals surface area contributed by atoms with Gasteiger partial charge in [0.2, 0.25) is 10.8 Å². The number of alkyl halides is 3. The zero-order valence-corrected chi connectivity index (χ0v) is 16.1. The van der Waals surface area contributed by atoms with Crippen molar-refractivity contribution in [1.29, 1.82) is 0 Å². The van der Waals surface area contributed by atoms with E-state index in [9.17, 15) is 13.2 Å². The number of imidazole rings is 1. The van der Waals surface area contributed by atoms with E-state index in [1.807, 2.05) is 42.5 Å². The molecule has 0 aliphatic rings. The molecule has 6 nitrogen and oxygen atoms in total. The molecular formula is C20H13F3N6S. The van der Waals surface area contributed by atoms with Gasteiger partial charge in [-0.05, 0) is 23.8 Å². The van der Waals surface area contributed by atoms with Crippen LogP contribution in [0.2, 0.25) is 0 Å². The van der Waals surface area contributed by atoms with Crippen molar-refractivity contribution < 1.29 is 13.2 Å². The maximum Gasteiger partial charge on any atom is 0.449 e. The van der Waals surface area contributed by atoms with Gasteiger partial charge in [0, 0.05) is 0 Å². The highest BCUT2D eigenvalue weighted by molar-refractivity contribution is 7.17. The molecule has 3 aromatic heterocycles. The summed E-state index contributed by atoms with van der Waals surface area (Å²) in [6.07, 6.45) is -0.836. The first-order valence-electron chi connectivity index (χ1n) is 8.96. The van der Waals surface area contributed by atoms with Crippen LogP contribution in [0.15, 0.2) is 54.6 Å². The predicted octanol–water partition coefficient (Wildman–Crippen LogP) is 4.77. The van der Waals surface area contributed by atoms with Crippen LogP contribution in [0.3, 0.4) is 0 Å². The van der Waals surface area contributed by atoms with E-state index in [0.29, 0.717) is 21.3 Å². The SMILES string of the molecule is FC(F)(F)c1nc2ccccc2n1Cc1nnc2sc(/C=C\c3ccccc3)nn12. The Bertz CT molecular complexity index is 1360. The Morgan fingerprint density at radius 3 is 2.50 bits per heavy atom. The summed E-state index contributed by atoms with van der Waals surface area (Å²) in [5.41, 5.74) is 1.67. The van der Waals surface area contributed by atoms with E-state index in [-0.39, 0.29) is 12.1 Å². The molecule has 0 fully saturated rings. The van der Waals surface area contributed by atoms with Crippen LogP contribution in [0.5, 0.6) is 0 Å². The average molecular weight is 426 g/mol. The van der Waals surface area contributed by atoms with Crippen LogP contribution in [0.1, 0.15) is 22.2 Å². The molecule has 0 radical (unpaired) electrons. The Labute approximate surface area is 171 Å². The molecule has 0 aliphatic carbocycles. The Balaban J connectivity index is 1.52. The topological polar surface area (TPSA) is 60.9 Å². The fourth-order valence-corrected chi connectivity index (χ4v) is 3.92. The molecule has 0 saturated carbocycles. The number of aromatic nitrogens is 6. The summed E-state index contributed by atoms with van der Waals surface area (Å²) in [6.45, 7) is -0.151. The van der Waals surface area contributed by atoms with E-state index in [0.717, 1.165) is 10.1 Å². The van der Waals surface area contributed by atoms with Crippen LogP contribution >= 0.6 is 11.3 Å². The third-order valence-corrected chi connectivity index (χ3v) is 5.36. The highest BCUT2D eigenvalue weighted by Crippen LogP contribution is 2.32. The zero-order chi connectivity index (χ0) is 20.7. The van der Waals surface area contributed by atoms with Crippen molar-refractivity contribution >= 4 is 39.5 Å². The lowest BCUT2D eigenvalue weighted by atomic mass is 10.2. The Kier molecular flexibility index (Phi) is 4.35. The third-order valence-electron chi connectivity index (χ3n) is 4.50. The monoisotopic (exact) mass is 426 g/mol. The summed E-state index contributed by atoms with van der Waals surface area (Å²) in [6, 6.07) is 16.2. The molecule has 5 rings (SSSR count). The maximum absolute atomic E-state index is 13.5. The van der Waals surface area contributed by atoms with Gasteiger partial charge in [0.15, 0.2) is 5.82 Å². The van der Waals surface area contributed by atoms with Crippen molar-refractivity contribution in [1.82, 2.24) is 29.4 Å². The second kappa shape index (κ2) is 7.06. The first kappa shape index (κ1) is 18.5. The first-order chi connectivity index (χ1) is 14.5. The fraction of sp³-hybridized carbons (Fsp3) is 0.100. The molecule has 5 aromatic rings. The van der Waals surface area contributed by atoms with Crippen molar-refractivity contribution in [3.05, 3.63) is 76.8 Å². The van der Waals surface area contributed by atoms with E-state index in [4.69, 9.17) is 0 Å². The molecule has 150 valence electrons. The standard InChI is InChI=1S/C20H13F3N6S/c21-20(22,23)18-24-14-8-4-5-9-15(14)28(18)12-16-25-26-19-29(16)27-17(30-19)11-10-13-6-2-1-3-7-13/h1-11H,12H2/b11-10-. The van der Waals surface area contributed by atoms with Gasteiger partial charge < -0.3 is 4.57 Å². The van der Waals surface area contributed by atoms with Crippen LogP contribution in [-0.2, 0) is 12.7 Å². The molecule has 0 N–H and O–H groups in total. The molecule has 0 bridgehead atoms. The number of halogens is 3. The summed E-state index contributed by atoms with van der Waals surface area (Å²) in [5.74, 6) is -0.672. The van der Waals surface area contributed by atoms with Gasteiger partial charge in [0.05, 0.1) is 17.6 Å². The van der Waals surface area contributed by atoms with E-state index < -0.39 is 12.0 Å². The van der Waals surface area contributed by atoms with E-state index in [1.54, 1.807) is 24.3 Å². The van der Waals surface area contributed by atoms with Crippen molar-refractivity contribution in [3.8, 4) is 0 Å². The summed E-state index contributed by atoms with van der Waals surface area (Å²) in [4.78, 5) is 4.27. The largest absolute Gasteiger partial charge is 0.449 e. The van der Waals surface area contributed by atoms with Gasteiger partial charge in [-0.1, -0.05) is 59.9 Å². The summed E-state index contributed by atoms with van der Waals surface area (Å²) >= 11 is 1.31. The lowest BCUT2D eigenvalue weighted by Crippen LogP contribution is -2.17. The van der Waals surface area contributed by atoms with Crippen molar-refractivity contribution in [2.24, 2.45) is 0 Å². The van der Waals surface area contributed by atoms with Crippen molar-refractivity contribution in [3.63, 3.8) is 0 Å². The molecular weight excluding hydrogens is 413 g/mol. The maximum atomic E-state index is 13.5. The highest BCUT2D eigenvalue weighted by atomic mass is 32.1. The number of para-hydroxylation sites is 2. The van der Waals surface area contributed by atoms with Gasteiger partial charge in [-0.3, -0.25) is 0 Å². The number of benzene rings is 2. The number of nitrogens with zero attached hydrogens (tertiary/aromatic N) is 6. The zero-order valence-electron chi connectivity index (χ0n) is 15.3. The molecule has 0 aliphatic heterocycles. The molecule has 0 unspecified atom stereocenters. The lowest BCUT2D eigenvalue weighted by Gasteiger charge is -2.09. The number of rotatable bonds is 4. The fourth-order valence-electron chi connectivity index (χ4n) is 3.16. The second-order valence-electron chi connectivity index (χ2n) is 6.50. The Morgan fingerprint density at radius 2 is 1.70 bits per heavy atom. The van der Waals surface area contributed by atoms with Crippen molar-refractivity contribution in [2.75, 3.05) is 0 Å². The van der Waals surface area contributed by atoms with Crippen LogP contribution in [-0.4, -0.2) is 29.4 Å². The number of hydrogen-bond acceptors (Lipinski definition) is 5. The number of fused-ring (bicyclic) bond motifs is 2. The van der Waals surface area contributed by atoms with Gasteiger partial charge in [-0.25, -0.2) is 4.98 Å². The summed E-state index contributed by atoms with van der Waals surface area (Å²) in [7, 11) is 0. The molecule has 30 heavy (non-hydrogen) atoms. The van der Waals surface area contributed by atoms with Crippen LogP contribution in [0, 0.1) is 0 Å². The minimum Gasteiger partial charge on any atom is -0.313 e. The van der Waals surface area contributed by atoms with E-state index >= 15 is 0 Å². The van der Waals surface area contributed by atoms with Gasteiger partial charge in [0.1, 0.15) is 5.01 Å². The molecule has 2 aromatic carbocycles. The normalized spacial score (nSPS) is 12.5. The summed E-state index contributed by atoms with van der Waals surface area (Å²) in [5, 5.41) is 13.2. The molecule has 0 saturated heterocycles. The van der Waals surface area contributed by atoms with Crippen LogP contribution < -0.4 is 0 Å². The van der Waals surface area contributed by atoms with Crippen molar-refractivity contribution in [2.45, 2.75) is 12.7 Å².